The van der Waals surface area contributed by atoms with Crippen LogP contribution in [-0.2, 0) is 0 Å². The van der Waals surface area contributed by atoms with Crippen molar-refractivity contribution < 1.29 is 0 Å². The maximum absolute atomic E-state index is 2.29. The predicted octanol–water partition coefficient (Wildman–Crippen LogP) is 4.83. The second-order valence-electron chi connectivity index (χ2n) is 3.11. The zero-order valence-corrected chi connectivity index (χ0v) is 9.45. The summed E-state index contributed by atoms with van der Waals surface area (Å²) in [5, 5.41) is 0. The summed E-state index contributed by atoms with van der Waals surface area (Å²) in [6, 6.07) is 0. The minimum absolute atomic E-state index is 1.18. The van der Waals surface area contributed by atoms with Crippen molar-refractivity contribution in [3.05, 3.63) is 11.9 Å². The fraction of sp³-hybridized carbons (Fsp3) is 0.818. The lowest BCUT2D eigenvalue weighted by Crippen LogP contribution is -1.78. The smallest absolute Gasteiger partial charge is 0.0250 e. The molecule has 71 valence electrons. The van der Waals surface area contributed by atoms with E-state index in [-0.39, 0.29) is 0 Å². The van der Waals surface area contributed by atoms with Gasteiger partial charge in [-0.15, -0.1) is 0 Å². The molecule has 0 amide bonds. The van der Waals surface area contributed by atoms with Crippen LogP contribution in [0.1, 0.15) is 52.4 Å². The van der Waals surface area contributed by atoms with Crippen molar-refractivity contribution >= 4 is 8.58 Å². The first-order valence-electron chi connectivity index (χ1n) is 5.23. The molecule has 0 spiro atoms. The molecule has 12 heavy (non-hydrogen) atoms. The molecule has 0 rings (SSSR count). The van der Waals surface area contributed by atoms with E-state index in [0.717, 1.165) is 0 Å². The standard InChI is InChI=1S/C11H22P/c1-3-5-7-8-9-11-12-10-6-4-2/h6,10H,3-5,7-9,11H2,1-2H3/b10-6+. The van der Waals surface area contributed by atoms with Gasteiger partial charge in [-0.2, -0.15) is 0 Å². The zero-order chi connectivity index (χ0) is 9.07. The van der Waals surface area contributed by atoms with Crippen molar-refractivity contribution in [1.29, 1.82) is 0 Å². The first-order chi connectivity index (χ1) is 5.91. The highest BCUT2D eigenvalue weighted by atomic mass is 31.1. The fourth-order valence-electron chi connectivity index (χ4n) is 1.06. The Morgan fingerprint density at radius 3 is 2.42 bits per heavy atom. The summed E-state index contributed by atoms with van der Waals surface area (Å²) in [5.74, 6) is 2.29. The van der Waals surface area contributed by atoms with Crippen LogP contribution in [0.25, 0.3) is 0 Å². The molecule has 0 unspecified atom stereocenters. The molecule has 0 atom stereocenters. The Morgan fingerprint density at radius 2 is 1.75 bits per heavy atom. The van der Waals surface area contributed by atoms with Crippen LogP contribution in [0.4, 0.5) is 0 Å². The second-order valence-corrected chi connectivity index (χ2v) is 4.22. The normalized spacial score (nSPS) is 12.2. The van der Waals surface area contributed by atoms with E-state index < -0.39 is 0 Å². The molecule has 0 saturated carbocycles. The van der Waals surface area contributed by atoms with Crippen LogP contribution in [0, 0.1) is 0 Å². The Bertz CT molecular complexity index is 97.2. The van der Waals surface area contributed by atoms with E-state index in [1.54, 1.807) is 0 Å². The number of hydrogen-bond acceptors (Lipinski definition) is 0. The van der Waals surface area contributed by atoms with Gasteiger partial charge in [-0.1, -0.05) is 60.0 Å². The molecule has 0 aromatic rings. The summed E-state index contributed by atoms with van der Waals surface area (Å²) in [6.07, 6.45) is 11.9. The Hall–Kier alpha value is 0.170. The van der Waals surface area contributed by atoms with E-state index >= 15 is 0 Å². The van der Waals surface area contributed by atoms with E-state index in [2.05, 4.69) is 25.7 Å². The van der Waals surface area contributed by atoms with E-state index in [0.29, 0.717) is 0 Å². The van der Waals surface area contributed by atoms with Gasteiger partial charge >= 0.3 is 0 Å². The van der Waals surface area contributed by atoms with Crippen LogP contribution in [0.2, 0.25) is 0 Å². The molecule has 1 heteroatoms. The topological polar surface area (TPSA) is 0 Å². The summed E-state index contributed by atoms with van der Waals surface area (Å²) in [4.78, 5) is 0. The van der Waals surface area contributed by atoms with Crippen molar-refractivity contribution in [2.75, 3.05) is 6.16 Å². The van der Waals surface area contributed by atoms with Crippen molar-refractivity contribution in [1.82, 2.24) is 0 Å². The zero-order valence-electron chi connectivity index (χ0n) is 8.55. The van der Waals surface area contributed by atoms with E-state index in [4.69, 9.17) is 0 Å². The van der Waals surface area contributed by atoms with Crippen molar-refractivity contribution in [2.45, 2.75) is 52.4 Å². The Balaban J connectivity index is 2.86. The monoisotopic (exact) mass is 185 g/mol. The molecule has 0 N–H and O–H groups in total. The Labute approximate surface area is 79.6 Å². The largest absolute Gasteiger partial charge is 0.0840 e. The summed E-state index contributed by atoms with van der Waals surface area (Å²) in [7, 11) is 1.51. The van der Waals surface area contributed by atoms with Gasteiger partial charge in [0.25, 0.3) is 0 Å². The first kappa shape index (κ1) is 12.2. The van der Waals surface area contributed by atoms with Crippen LogP contribution in [-0.4, -0.2) is 6.16 Å². The van der Waals surface area contributed by atoms with E-state index in [1.165, 1.54) is 53.3 Å². The number of allylic oxidation sites excluding steroid dienone is 1. The van der Waals surface area contributed by atoms with Crippen LogP contribution >= 0.6 is 8.58 Å². The van der Waals surface area contributed by atoms with Gasteiger partial charge in [0.15, 0.2) is 0 Å². The van der Waals surface area contributed by atoms with Crippen LogP contribution in [0.3, 0.4) is 0 Å². The van der Waals surface area contributed by atoms with Crippen molar-refractivity contribution in [3.8, 4) is 0 Å². The van der Waals surface area contributed by atoms with Crippen LogP contribution < -0.4 is 0 Å². The molecule has 0 aliphatic rings. The summed E-state index contributed by atoms with van der Waals surface area (Å²) in [6.45, 7) is 4.45. The lowest BCUT2D eigenvalue weighted by atomic mass is 10.2. The third kappa shape index (κ3) is 10.2. The average molecular weight is 185 g/mol. The lowest BCUT2D eigenvalue weighted by molar-refractivity contribution is 0.659. The highest BCUT2D eigenvalue weighted by molar-refractivity contribution is 7.41. The van der Waals surface area contributed by atoms with Gasteiger partial charge in [0.05, 0.1) is 0 Å². The SMILES string of the molecule is CC/C=C/[P]CCCCCCC. The van der Waals surface area contributed by atoms with E-state index in [1.807, 2.05) is 0 Å². The minimum atomic E-state index is 1.18. The Morgan fingerprint density at radius 1 is 1.00 bits per heavy atom. The molecule has 0 fully saturated rings. The summed E-state index contributed by atoms with van der Waals surface area (Å²) < 4.78 is 0. The minimum Gasteiger partial charge on any atom is -0.0840 e. The summed E-state index contributed by atoms with van der Waals surface area (Å²) in [5.41, 5.74) is 0. The number of unbranched alkanes of at least 4 members (excludes halogenated alkanes) is 4. The van der Waals surface area contributed by atoms with Gasteiger partial charge in [-0.25, -0.2) is 0 Å². The number of rotatable bonds is 8. The lowest BCUT2D eigenvalue weighted by Gasteiger charge is -1.96. The van der Waals surface area contributed by atoms with Gasteiger partial charge in [0.2, 0.25) is 0 Å². The molecule has 0 aromatic heterocycles. The van der Waals surface area contributed by atoms with E-state index in [9.17, 15) is 0 Å². The maximum atomic E-state index is 2.29. The Kier molecular flexibility index (Phi) is 11.3. The predicted molar refractivity (Wildman–Crippen MR) is 60.0 cm³/mol. The van der Waals surface area contributed by atoms with Gasteiger partial charge in [-0.05, 0) is 19.0 Å². The molecule has 0 saturated heterocycles. The number of hydrogen-bond donors (Lipinski definition) is 0. The molecule has 0 nitrogen and oxygen atoms in total. The van der Waals surface area contributed by atoms with Gasteiger partial charge in [0, 0.05) is 0 Å². The van der Waals surface area contributed by atoms with Crippen molar-refractivity contribution in [3.63, 3.8) is 0 Å². The third-order valence-corrected chi connectivity index (χ3v) is 2.83. The summed E-state index contributed by atoms with van der Waals surface area (Å²) >= 11 is 0. The molecule has 0 aliphatic carbocycles. The van der Waals surface area contributed by atoms with Gasteiger partial charge in [0.1, 0.15) is 0 Å². The average Bonchev–Trinajstić information content (AvgIpc) is 2.10. The fourth-order valence-corrected chi connectivity index (χ4v) is 1.98. The molecule has 0 aliphatic heterocycles. The highest BCUT2D eigenvalue weighted by Crippen LogP contribution is 2.15. The molecular formula is C11H22P. The highest BCUT2D eigenvalue weighted by Gasteiger charge is 1.87. The third-order valence-electron chi connectivity index (χ3n) is 1.84. The van der Waals surface area contributed by atoms with Crippen molar-refractivity contribution in [2.24, 2.45) is 0 Å². The van der Waals surface area contributed by atoms with Crippen LogP contribution in [0.5, 0.6) is 0 Å². The molecule has 0 aromatic carbocycles. The van der Waals surface area contributed by atoms with Gasteiger partial charge < -0.3 is 0 Å². The molecule has 0 bridgehead atoms. The van der Waals surface area contributed by atoms with Gasteiger partial charge in [-0.3, -0.25) is 0 Å². The molecule has 0 heterocycles. The quantitative estimate of drug-likeness (QED) is 0.375. The second kappa shape index (κ2) is 11.2. The maximum Gasteiger partial charge on any atom is -0.0250 e. The first-order valence-corrected chi connectivity index (χ1v) is 6.38. The molecule has 1 radical (unpaired) electrons. The molecular weight excluding hydrogens is 163 g/mol. The van der Waals surface area contributed by atoms with Crippen LogP contribution in [0.15, 0.2) is 11.9 Å².